The van der Waals surface area contributed by atoms with E-state index in [2.05, 4.69) is 24.5 Å². The van der Waals surface area contributed by atoms with Crippen molar-refractivity contribution in [3.63, 3.8) is 0 Å². The van der Waals surface area contributed by atoms with Crippen molar-refractivity contribution in [1.82, 2.24) is 10.6 Å². The Hall–Kier alpha value is -0.770. The van der Waals surface area contributed by atoms with E-state index in [1.807, 2.05) is 6.07 Å². The number of likely N-dealkylation sites (N-methyl/N-ethyl adjacent to an activating group) is 1. The van der Waals surface area contributed by atoms with Crippen LogP contribution in [-0.4, -0.2) is 19.0 Å². The fraction of sp³-hybridized carbons (Fsp3) is 0.500. The van der Waals surface area contributed by atoms with Gasteiger partial charge in [0.15, 0.2) is 0 Å². The summed E-state index contributed by atoms with van der Waals surface area (Å²) in [6, 6.07) is 5.10. The molecular formula is C14H20Cl2N2O. The van der Waals surface area contributed by atoms with Crippen molar-refractivity contribution in [2.24, 2.45) is 5.92 Å². The van der Waals surface area contributed by atoms with E-state index in [1.54, 1.807) is 19.2 Å². The van der Waals surface area contributed by atoms with Crippen molar-refractivity contribution in [3.8, 4) is 0 Å². The molecule has 0 spiro atoms. The summed E-state index contributed by atoms with van der Waals surface area (Å²) >= 11 is 12.0. The average molecular weight is 303 g/mol. The van der Waals surface area contributed by atoms with Gasteiger partial charge in [-0.25, -0.2) is 0 Å². The zero-order chi connectivity index (χ0) is 14.4. The number of halogens is 2. The molecule has 106 valence electrons. The first-order valence-electron chi connectivity index (χ1n) is 6.33. The van der Waals surface area contributed by atoms with Crippen LogP contribution in [0, 0.1) is 5.92 Å². The van der Waals surface area contributed by atoms with E-state index in [-0.39, 0.29) is 11.9 Å². The highest BCUT2D eigenvalue weighted by Gasteiger charge is 2.18. The minimum Gasteiger partial charge on any atom is -0.358 e. The molecule has 1 amide bonds. The molecule has 0 saturated heterocycles. The van der Waals surface area contributed by atoms with Gasteiger partial charge in [-0.05, 0) is 36.1 Å². The molecular weight excluding hydrogens is 283 g/mol. The number of nitrogens with one attached hydrogen (secondary N) is 2. The maximum atomic E-state index is 11.8. The highest BCUT2D eigenvalue weighted by Crippen LogP contribution is 2.20. The van der Waals surface area contributed by atoms with Gasteiger partial charge in [-0.3, -0.25) is 4.79 Å². The highest BCUT2D eigenvalue weighted by atomic mass is 35.5. The number of carbonyl (C=O) groups excluding carboxylic acids is 1. The van der Waals surface area contributed by atoms with Crippen LogP contribution >= 0.6 is 23.2 Å². The second kappa shape index (κ2) is 7.73. The quantitative estimate of drug-likeness (QED) is 0.847. The summed E-state index contributed by atoms with van der Waals surface area (Å²) in [5, 5.41) is 7.19. The predicted octanol–water partition coefficient (Wildman–Crippen LogP) is 3.24. The van der Waals surface area contributed by atoms with Crippen molar-refractivity contribution in [2.75, 3.05) is 7.05 Å². The first kappa shape index (κ1) is 16.3. The zero-order valence-electron chi connectivity index (χ0n) is 11.5. The summed E-state index contributed by atoms with van der Waals surface area (Å²) < 4.78 is 0. The number of hydrogen-bond donors (Lipinski definition) is 2. The van der Waals surface area contributed by atoms with Gasteiger partial charge >= 0.3 is 0 Å². The van der Waals surface area contributed by atoms with Crippen LogP contribution in [0.3, 0.4) is 0 Å². The molecule has 0 aromatic heterocycles. The lowest BCUT2D eigenvalue weighted by Crippen LogP contribution is -2.43. The molecule has 1 rings (SSSR count). The number of hydrogen-bond acceptors (Lipinski definition) is 2. The Bertz CT molecular complexity index is 435. The van der Waals surface area contributed by atoms with Crippen LogP contribution < -0.4 is 10.6 Å². The van der Waals surface area contributed by atoms with Crippen LogP contribution in [0.25, 0.3) is 0 Å². The molecule has 5 heteroatoms. The molecule has 0 aliphatic heterocycles. The number of amides is 1. The van der Waals surface area contributed by atoms with E-state index in [9.17, 15) is 4.79 Å². The van der Waals surface area contributed by atoms with Crippen LogP contribution in [0.2, 0.25) is 10.0 Å². The minimum atomic E-state index is -0.222. The molecule has 1 aromatic carbocycles. The Morgan fingerprint density at radius 2 is 2.00 bits per heavy atom. The van der Waals surface area contributed by atoms with Crippen LogP contribution in [0.5, 0.6) is 0 Å². The standard InChI is InChI=1S/C14H20Cl2N2O/c1-9(2)6-13(14(19)17-3)18-8-10-7-11(15)4-5-12(10)16/h4-5,7,9,13,18H,6,8H2,1-3H3,(H,17,19). The molecule has 3 nitrogen and oxygen atoms in total. The Kier molecular flexibility index (Phi) is 6.63. The molecule has 1 atom stereocenters. The van der Waals surface area contributed by atoms with Crippen molar-refractivity contribution in [2.45, 2.75) is 32.9 Å². The van der Waals surface area contributed by atoms with Gasteiger partial charge in [0, 0.05) is 23.6 Å². The molecule has 0 fully saturated rings. The van der Waals surface area contributed by atoms with Gasteiger partial charge in [0.05, 0.1) is 6.04 Å². The fourth-order valence-electron chi connectivity index (χ4n) is 1.84. The third kappa shape index (κ3) is 5.39. The van der Waals surface area contributed by atoms with Crippen molar-refractivity contribution >= 4 is 29.1 Å². The van der Waals surface area contributed by atoms with E-state index in [0.717, 1.165) is 12.0 Å². The predicted molar refractivity (Wildman–Crippen MR) is 80.6 cm³/mol. The monoisotopic (exact) mass is 302 g/mol. The maximum Gasteiger partial charge on any atom is 0.236 e. The highest BCUT2D eigenvalue weighted by molar-refractivity contribution is 6.33. The summed E-state index contributed by atoms with van der Waals surface area (Å²) in [4.78, 5) is 11.8. The normalized spacial score (nSPS) is 12.5. The Morgan fingerprint density at radius 3 is 2.58 bits per heavy atom. The zero-order valence-corrected chi connectivity index (χ0v) is 13.0. The molecule has 2 N–H and O–H groups in total. The Balaban J connectivity index is 2.70. The van der Waals surface area contributed by atoms with Gasteiger partial charge in [-0.2, -0.15) is 0 Å². The molecule has 1 aromatic rings. The first-order chi connectivity index (χ1) is 8.93. The molecule has 0 aliphatic rings. The molecule has 0 aliphatic carbocycles. The van der Waals surface area contributed by atoms with E-state index < -0.39 is 0 Å². The lowest BCUT2D eigenvalue weighted by Gasteiger charge is -2.19. The van der Waals surface area contributed by atoms with Crippen LogP contribution in [0.1, 0.15) is 25.8 Å². The van der Waals surface area contributed by atoms with Crippen LogP contribution in [0.15, 0.2) is 18.2 Å². The smallest absolute Gasteiger partial charge is 0.236 e. The summed E-state index contributed by atoms with van der Waals surface area (Å²) in [5.74, 6) is 0.427. The van der Waals surface area contributed by atoms with Gasteiger partial charge in [0.2, 0.25) is 5.91 Å². The summed E-state index contributed by atoms with van der Waals surface area (Å²) in [6.07, 6.45) is 0.776. The number of benzene rings is 1. The lowest BCUT2D eigenvalue weighted by atomic mass is 10.0. The summed E-state index contributed by atoms with van der Waals surface area (Å²) in [6.45, 7) is 4.69. The molecule has 1 unspecified atom stereocenters. The van der Waals surface area contributed by atoms with E-state index in [1.165, 1.54) is 0 Å². The molecule has 0 saturated carbocycles. The van der Waals surface area contributed by atoms with Crippen molar-refractivity contribution in [3.05, 3.63) is 33.8 Å². The Labute approximate surface area is 124 Å². The van der Waals surface area contributed by atoms with Crippen LogP contribution in [0.4, 0.5) is 0 Å². The SMILES string of the molecule is CNC(=O)C(CC(C)C)NCc1cc(Cl)ccc1Cl. The van der Waals surface area contributed by atoms with Crippen molar-refractivity contribution < 1.29 is 4.79 Å². The van der Waals surface area contributed by atoms with Gasteiger partial charge in [-0.1, -0.05) is 37.0 Å². The van der Waals surface area contributed by atoms with Gasteiger partial charge in [0.25, 0.3) is 0 Å². The second-order valence-electron chi connectivity index (χ2n) is 4.91. The topological polar surface area (TPSA) is 41.1 Å². The minimum absolute atomic E-state index is 0.00755. The molecule has 0 radical (unpaired) electrons. The summed E-state index contributed by atoms with van der Waals surface area (Å²) in [7, 11) is 1.64. The van der Waals surface area contributed by atoms with E-state index in [4.69, 9.17) is 23.2 Å². The second-order valence-corrected chi connectivity index (χ2v) is 5.76. The number of carbonyl (C=O) groups is 1. The Morgan fingerprint density at radius 1 is 1.32 bits per heavy atom. The molecule has 19 heavy (non-hydrogen) atoms. The fourth-order valence-corrected chi connectivity index (χ4v) is 2.22. The number of rotatable bonds is 6. The lowest BCUT2D eigenvalue weighted by molar-refractivity contribution is -0.123. The van der Waals surface area contributed by atoms with E-state index >= 15 is 0 Å². The maximum absolute atomic E-state index is 11.8. The summed E-state index contributed by atoms with van der Waals surface area (Å²) in [5.41, 5.74) is 0.895. The molecule has 0 heterocycles. The third-order valence-electron chi connectivity index (χ3n) is 2.82. The van der Waals surface area contributed by atoms with Gasteiger partial charge in [0.1, 0.15) is 0 Å². The van der Waals surface area contributed by atoms with Gasteiger partial charge < -0.3 is 10.6 Å². The molecule has 0 bridgehead atoms. The van der Waals surface area contributed by atoms with Crippen LogP contribution in [-0.2, 0) is 11.3 Å². The van der Waals surface area contributed by atoms with Gasteiger partial charge in [-0.15, -0.1) is 0 Å². The average Bonchev–Trinajstić information content (AvgIpc) is 2.36. The largest absolute Gasteiger partial charge is 0.358 e. The third-order valence-corrected chi connectivity index (χ3v) is 3.42. The van der Waals surface area contributed by atoms with E-state index in [0.29, 0.717) is 22.5 Å². The first-order valence-corrected chi connectivity index (χ1v) is 7.08. The van der Waals surface area contributed by atoms with Crippen molar-refractivity contribution in [1.29, 1.82) is 0 Å².